The molecule has 14 heavy (non-hydrogen) atoms. The van der Waals surface area contributed by atoms with Gasteiger partial charge in [0.05, 0.1) is 0 Å². The highest BCUT2D eigenvalue weighted by atomic mass is 14.4. The van der Waals surface area contributed by atoms with E-state index in [9.17, 15) is 0 Å². The molecular formula is C14H26. The highest BCUT2D eigenvalue weighted by Gasteiger charge is 2.34. The van der Waals surface area contributed by atoms with Crippen LogP contribution in [0.5, 0.6) is 0 Å². The predicted octanol–water partition coefficient (Wildman–Crippen LogP) is 4.93. The Morgan fingerprint density at radius 1 is 0.714 bits per heavy atom. The molecule has 0 aromatic rings. The zero-order valence-corrected chi connectivity index (χ0v) is 9.86. The van der Waals surface area contributed by atoms with Gasteiger partial charge in [-0.1, -0.05) is 51.9 Å². The average molecular weight is 194 g/mol. The normalized spacial score (nSPS) is 29.8. The Bertz CT molecular complexity index is 157. The second-order valence-electron chi connectivity index (χ2n) is 5.90. The van der Waals surface area contributed by atoms with Crippen LogP contribution in [0, 0.1) is 11.3 Å². The Labute approximate surface area is 89.5 Å². The van der Waals surface area contributed by atoms with E-state index in [4.69, 9.17) is 0 Å². The van der Waals surface area contributed by atoms with Gasteiger partial charge in [0.2, 0.25) is 0 Å². The Morgan fingerprint density at radius 3 is 1.79 bits per heavy atom. The summed E-state index contributed by atoms with van der Waals surface area (Å²) in [6, 6.07) is 0. The minimum Gasteiger partial charge on any atom is -0.0594 e. The van der Waals surface area contributed by atoms with Crippen LogP contribution in [-0.2, 0) is 0 Å². The Kier molecular flexibility index (Phi) is 3.52. The molecule has 0 saturated heterocycles. The minimum atomic E-state index is 0.739. The summed E-state index contributed by atoms with van der Waals surface area (Å²) >= 11 is 0. The first kappa shape index (κ1) is 10.5. The zero-order chi connectivity index (χ0) is 9.86. The van der Waals surface area contributed by atoms with Crippen LogP contribution in [0.25, 0.3) is 0 Å². The lowest BCUT2D eigenvalue weighted by Crippen LogP contribution is -2.29. The number of hydrogen-bond acceptors (Lipinski definition) is 0. The fourth-order valence-corrected chi connectivity index (χ4v) is 3.74. The van der Waals surface area contributed by atoms with Crippen molar-refractivity contribution in [3.63, 3.8) is 0 Å². The van der Waals surface area contributed by atoms with Crippen molar-refractivity contribution < 1.29 is 0 Å². The SMILES string of the molecule is CC1(C2CCCCCC2)CCCCC1. The third kappa shape index (κ3) is 2.32. The molecule has 0 aromatic carbocycles. The first-order chi connectivity index (χ1) is 6.81. The van der Waals surface area contributed by atoms with Gasteiger partial charge in [-0.2, -0.15) is 0 Å². The average Bonchev–Trinajstić information content (AvgIpc) is 2.47. The molecule has 0 atom stereocenters. The monoisotopic (exact) mass is 194 g/mol. The first-order valence-corrected chi connectivity index (χ1v) is 6.81. The highest BCUT2D eigenvalue weighted by Crippen LogP contribution is 2.47. The molecule has 0 aromatic heterocycles. The molecule has 0 amide bonds. The van der Waals surface area contributed by atoms with E-state index in [1.807, 2.05) is 0 Å². The van der Waals surface area contributed by atoms with Crippen LogP contribution in [0.4, 0.5) is 0 Å². The maximum Gasteiger partial charge on any atom is -0.0298 e. The summed E-state index contributed by atoms with van der Waals surface area (Å²) in [7, 11) is 0. The van der Waals surface area contributed by atoms with Crippen molar-refractivity contribution in [2.75, 3.05) is 0 Å². The molecule has 2 rings (SSSR count). The Morgan fingerprint density at radius 2 is 1.21 bits per heavy atom. The molecule has 0 heteroatoms. The van der Waals surface area contributed by atoms with Crippen LogP contribution in [-0.4, -0.2) is 0 Å². The zero-order valence-electron chi connectivity index (χ0n) is 9.86. The first-order valence-electron chi connectivity index (χ1n) is 6.81. The van der Waals surface area contributed by atoms with E-state index >= 15 is 0 Å². The number of rotatable bonds is 1. The summed E-state index contributed by atoms with van der Waals surface area (Å²) in [6.07, 6.45) is 16.7. The van der Waals surface area contributed by atoms with Gasteiger partial charge in [0.25, 0.3) is 0 Å². The van der Waals surface area contributed by atoms with Crippen molar-refractivity contribution >= 4 is 0 Å². The molecule has 2 saturated carbocycles. The van der Waals surface area contributed by atoms with E-state index in [-0.39, 0.29) is 0 Å². The van der Waals surface area contributed by atoms with Gasteiger partial charge < -0.3 is 0 Å². The summed E-state index contributed by atoms with van der Waals surface area (Å²) in [5.41, 5.74) is 0.739. The van der Waals surface area contributed by atoms with Crippen LogP contribution in [0.3, 0.4) is 0 Å². The second kappa shape index (κ2) is 4.68. The van der Waals surface area contributed by atoms with E-state index in [2.05, 4.69) is 6.92 Å². The maximum absolute atomic E-state index is 2.59. The van der Waals surface area contributed by atoms with Crippen molar-refractivity contribution in [2.24, 2.45) is 11.3 Å². The standard InChI is InChI=1S/C14H26/c1-14(11-7-4-8-12-14)13-9-5-2-3-6-10-13/h13H,2-12H2,1H3. The predicted molar refractivity (Wildman–Crippen MR) is 62.4 cm³/mol. The fourth-order valence-electron chi connectivity index (χ4n) is 3.74. The number of hydrogen-bond donors (Lipinski definition) is 0. The summed E-state index contributed by atoms with van der Waals surface area (Å²) in [5, 5.41) is 0. The molecule has 2 fully saturated rings. The summed E-state index contributed by atoms with van der Waals surface area (Å²) in [4.78, 5) is 0. The van der Waals surface area contributed by atoms with Crippen molar-refractivity contribution in [1.29, 1.82) is 0 Å². The highest BCUT2D eigenvalue weighted by molar-refractivity contribution is 4.86. The van der Waals surface area contributed by atoms with Gasteiger partial charge in [0.1, 0.15) is 0 Å². The van der Waals surface area contributed by atoms with Gasteiger partial charge in [0, 0.05) is 0 Å². The summed E-state index contributed by atoms with van der Waals surface area (Å²) in [6.45, 7) is 2.59. The van der Waals surface area contributed by atoms with Gasteiger partial charge in [0.15, 0.2) is 0 Å². The third-order valence-corrected chi connectivity index (χ3v) is 4.84. The fraction of sp³-hybridized carbons (Fsp3) is 1.00. The topological polar surface area (TPSA) is 0 Å². The third-order valence-electron chi connectivity index (χ3n) is 4.84. The molecular weight excluding hydrogens is 168 g/mol. The molecule has 0 aliphatic heterocycles. The van der Waals surface area contributed by atoms with Crippen LogP contribution in [0.15, 0.2) is 0 Å². The van der Waals surface area contributed by atoms with Gasteiger partial charge in [-0.15, -0.1) is 0 Å². The van der Waals surface area contributed by atoms with E-state index in [0.29, 0.717) is 0 Å². The lowest BCUT2D eigenvalue weighted by molar-refractivity contribution is 0.106. The molecule has 0 radical (unpaired) electrons. The molecule has 0 N–H and O–H groups in total. The minimum absolute atomic E-state index is 0.739. The maximum atomic E-state index is 2.59. The summed E-state index contributed by atoms with van der Waals surface area (Å²) < 4.78 is 0. The van der Waals surface area contributed by atoms with Gasteiger partial charge >= 0.3 is 0 Å². The molecule has 0 unspecified atom stereocenters. The van der Waals surface area contributed by atoms with Gasteiger partial charge in [-0.3, -0.25) is 0 Å². The van der Waals surface area contributed by atoms with Crippen molar-refractivity contribution in [1.82, 2.24) is 0 Å². The molecule has 82 valence electrons. The molecule has 0 bridgehead atoms. The quantitative estimate of drug-likeness (QED) is 0.519. The van der Waals surface area contributed by atoms with Gasteiger partial charge in [-0.05, 0) is 37.0 Å². The van der Waals surface area contributed by atoms with Crippen molar-refractivity contribution in [3.8, 4) is 0 Å². The lowest BCUT2D eigenvalue weighted by atomic mass is 9.65. The molecule has 0 heterocycles. The Hall–Kier alpha value is 0. The van der Waals surface area contributed by atoms with E-state index in [1.165, 1.54) is 70.6 Å². The largest absolute Gasteiger partial charge is 0.0594 e. The lowest BCUT2D eigenvalue weighted by Gasteiger charge is -2.40. The smallest absolute Gasteiger partial charge is 0.0298 e. The van der Waals surface area contributed by atoms with Crippen LogP contribution < -0.4 is 0 Å². The van der Waals surface area contributed by atoms with Crippen molar-refractivity contribution in [3.05, 3.63) is 0 Å². The second-order valence-corrected chi connectivity index (χ2v) is 5.90. The van der Waals surface area contributed by atoms with E-state index in [0.717, 1.165) is 11.3 Å². The van der Waals surface area contributed by atoms with E-state index in [1.54, 1.807) is 0 Å². The molecule has 2 aliphatic carbocycles. The van der Waals surface area contributed by atoms with Gasteiger partial charge in [-0.25, -0.2) is 0 Å². The molecule has 0 nitrogen and oxygen atoms in total. The Balaban J connectivity index is 1.95. The van der Waals surface area contributed by atoms with Crippen LogP contribution in [0.2, 0.25) is 0 Å². The van der Waals surface area contributed by atoms with Crippen molar-refractivity contribution in [2.45, 2.75) is 77.6 Å². The van der Waals surface area contributed by atoms with Crippen LogP contribution >= 0.6 is 0 Å². The molecule has 2 aliphatic rings. The summed E-state index contributed by atoms with van der Waals surface area (Å²) in [5.74, 6) is 1.07. The van der Waals surface area contributed by atoms with Crippen LogP contribution in [0.1, 0.15) is 77.6 Å². The van der Waals surface area contributed by atoms with E-state index < -0.39 is 0 Å². The molecule has 0 spiro atoms.